The van der Waals surface area contributed by atoms with Crippen LogP contribution in [0, 0.1) is 23.1 Å². The van der Waals surface area contributed by atoms with Crippen LogP contribution < -0.4 is 10.6 Å². The Labute approximate surface area is 164 Å². The molecule has 0 bridgehead atoms. The lowest BCUT2D eigenvalue weighted by Gasteiger charge is -2.37. The van der Waals surface area contributed by atoms with E-state index in [0.717, 1.165) is 31.7 Å². The molecule has 27 heavy (non-hydrogen) atoms. The summed E-state index contributed by atoms with van der Waals surface area (Å²) in [6.07, 6.45) is 3.28. The molecule has 6 nitrogen and oxygen atoms in total. The maximum Gasteiger partial charge on any atom is 0.407 e. The van der Waals surface area contributed by atoms with E-state index in [-0.39, 0.29) is 34.5 Å². The van der Waals surface area contributed by atoms with Crippen LogP contribution in [0.4, 0.5) is 15.0 Å². The van der Waals surface area contributed by atoms with E-state index in [9.17, 15) is 9.18 Å². The number of aromatic nitrogens is 1. The van der Waals surface area contributed by atoms with Crippen LogP contribution in [-0.2, 0) is 4.74 Å². The Balaban J connectivity index is 2.10. The molecule has 1 heterocycles. The molecule has 3 atom stereocenters. The van der Waals surface area contributed by atoms with Gasteiger partial charge in [-0.05, 0) is 52.5 Å². The third-order valence-electron chi connectivity index (χ3n) is 4.58. The fourth-order valence-corrected chi connectivity index (χ4v) is 3.54. The third kappa shape index (κ3) is 5.96. The van der Waals surface area contributed by atoms with Gasteiger partial charge in [-0.1, -0.05) is 24.4 Å². The standard InChI is InChI=1S/C19H26ClFN4O2/c1-11(23-18(26)27-19(2,3)4)13-7-5-6-8-15(13)24-17-14(21)9-12(10-22)16(20)25-17/h9,11,13,15H,5-8H2,1-4H3,(H,23,26)(H,24,25)/t11-,13+,15+/m0/s1. The largest absolute Gasteiger partial charge is 0.444 e. The number of ether oxygens (including phenoxy) is 1. The number of carbonyl (C=O) groups excluding carboxylic acids is 1. The van der Waals surface area contributed by atoms with Crippen LogP contribution in [0.15, 0.2) is 6.07 Å². The average molecular weight is 397 g/mol. The van der Waals surface area contributed by atoms with Crippen molar-refractivity contribution in [3.63, 3.8) is 0 Å². The van der Waals surface area contributed by atoms with Gasteiger partial charge < -0.3 is 15.4 Å². The second-order valence-corrected chi connectivity index (χ2v) is 8.26. The minimum Gasteiger partial charge on any atom is -0.444 e. The summed E-state index contributed by atoms with van der Waals surface area (Å²) in [5.41, 5.74) is -0.569. The van der Waals surface area contributed by atoms with Crippen molar-refractivity contribution in [2.45, 2.75) is 71.1 Å². The summed E-state index contributed by atoms with van der Waals surface area (Å²) in [6.45, 7) is 7.35. The van der Waals surface area contributed by atoms with E-state index in [1.165, 1.54) is 0 Å². The Bertz CT molecular complexity index is 730. The Morgan fingerprint density at radius 3 is 2.74 bits per heavy atom. The van der Waals surface area contributed by atoms with Crippen molar-refractivity contribution < 1.29 is 13.9 Å². The molecule has 0 aromatic carbocycles. The minimum absolute atomic E-state index is 0.000119. The number of anilines is 1. The van der Waals surface area contributed by atoms with Gasteiger partial charge in [-0.3, -0.25) is 0 Å². The third-order valence-corrected chi connectivity index (χ3v) is 4.87. The van der Waals surface area contributed by atoms with Gasteiger partial charge in [0.25, 0.3) is 0 Å². The Morgan fingerprint density at radius 2 is 2.11 bits per heavy atom. The van der Waals surface area contributed by atoms with Crippen LogP contribution in [0.1, 0.15) is 58.9 Å². The lowest BCUT2D eigenvalue weighted by atomic mass is 9.80. The fraction of sp³-hybridized carbons (Fsp3) is 0.632. The van der Waals surface area contributed by atoms with E-state index in [0.29, 0.717) is 0 Å². The molecule has 8 heteroatoms. The molecule has 148 valence electrons. The molecule has 1 fully saturated rings. The van der Waals surface area contributed by atoms with Crippen LogP contribution in [0.25, 0.3) is 0 Å². The number of alkyl carbamates (subject to hydrolysis) is 1. The molecule has 0 aliphatic heterocycles. The summed E-state index contributed by atoms with van der Waals surface area (Å²) in [4.78, 5) is 16.1. The number of pyridine rings is 1. The number of nitrogens with zero attached hydrogens (tertiary/aromatic N) is 2. The van der Waals surface area contributed by atoms with Gasteiger partial charge in [0, 0.05) is 12.1 Å². The number of nitrogens with one attached hydrogen (secondary N) is 2. The molecule has 2 rings (SSSR count). The predicted molar refractivity (Wildman–Crippen MR) is 102 cm³/mol. The van der Waals surface area contributed by atoms with Crippen molar-refractivity contribution in [1.29, 1.82) is 5.26 Å². The number of nitriles is 1. The molecule has 0 unspecified atom stereocenters. The number of carbonyl (C=O) groups is 1. The Hall–Kier alpha value is -2.07. The maximum atomic E-state index is 14.3. The van der Waals surface area contributed by atoms with E-state index < -0.39 is 17.5 Å². The lowest BCUT2D eigenvalue weighted by Crippen LogP contribution is -2.48. The quantitative estimate of drug-likeness (QED) is 0.724. The van der Waals surface area contributed by atoms with Crippen LogP contribution >= 0.6 is 11.6 Å². The van der Waals surface area contributed by atoms with E-state index in [1.807, 2.05) is 33.8 Å². The second kappa shape index (κ2) is 8.75. The molecule has 1 amide bonds. The number of amides is 1. The van der Waals surface area contributed by atoms with Crippen LogP contribution in [-0.4, -0.2) is 28.8 Å². The highest BCUT2D eigenvalue weighted by atomic mass is 35.5. The smallest absolute Gasteiger partial charge is 0.407 e. The molecule has 0 radical (unpaired) electrons. The van der Waals surface area contributed by atoms with Gasteiger partial charge in [-0.15, -0.1) is 0 Å². The molecule has 1 aliphatic rings. The van der Waals surface area contributed by atoms with Crippen molar-refractivity contribution in [1.82, 2.24) is 10.3 Å². The SMILES string of the molecule is C[C@H](NC(=O)OC(C)(C)C)[C@H]1CCCC[C@H]1Nc1nc(Cl)c(C#N)cc1F. The Kier molecular flexibility index (Phi) is 6.88. The number of rotatable bonds is 4. The zero-order chi connectivity index (χ0) is 20.2. The zero-order valence-electron chi connectivity index (χ0n) is 16.1. The van der Waals surface area contributed by atoms with Crippen LogP contribution in [0.2, 0.25) is 5.15 Å². The van der Waals surface area contributed by atoms with Gasteiger partial charge in [-0.25, -0.2) is 14.2 Å². The van der Waals surface area contributed by atoms with E-state index >= 15 is 0 Å². The molecule has 0 saturated heterocycles. The van der Waals surface area contributed by atoms with Gasteiger partial charge in [0.15, 0.2) is 11.6 Å². The highest BCUT2D eigenvalue weighted by Crippen LogP contribution is 2.31. The molecular weight excluding hydrogens is 371 g/mol. The first-order valence-electron chi connectivity index (χ1n) is 9.13. The summed E-state index contributed by atoms with van der Waals surface area (Å²) < 4.78 is 19.6. The van der Waals surface area contributed by atoms with Crippen molar-refractivity contribution in [2.75, 3.05) is 5.32 Å². The van der Waals surface area contributed by atoms with Crippen molar-refractivity contribution in [3.05, 3.63) is 22.6 Å². The van der Waals surface area contributed by atoms with Crippen LogP contribution in [0.3, 0.4) is 0 Å². The first-order valence-corrected chi connectivity index (χ1v) is 9.50. The number of hydrogen-bond acceptors (Lipinski definition) is 5. The van der Waals surface area contributed by atoms with E-state index in [4.69, 9.17) is 21.6 Å². The molecule has 0 spiro atoms. The Morgan fingerprint density at radius 1 is 1.44 bits per heavy atom. The summed E-state index contributed by atoms with van der Waals surface area (Å²) >= 11 is 5.93. The van der Waals surface area contributed by atoms with E-state index in [2.05, 4.69) is 15.6 Å². The topological polar surface area (TPSA) is 87.0 Å². The average Bonchev–Trinajstić information content (AvgIpc) is 2.56. The predicted octanol–water partition coefficient (Wildman–Crippen LogP) is 4.63. The van der Waals surface area contributed by atoms with Crippen molar-refractivity contribution in [2.24, 2.45) is 5.92 Å². The fourth-order valence-electron chi connectivity index (χ4n) is 3.36. The summed E-state index contributed by atoms with van der Waals surface area (Å²) in [6, 6.07) is 2.66. The number of halogens is 2. The molecular formula is C19H26ClFN4O2. The van der Waals surface area contributed by atoms with Gasteiger partial charge in [0.05, 0.1) is 5.56 Å². The molecule has 1 aromatic rings. The molecule has 2 N–H and O–H groups in total. The van der Waals surface area contributed by atoms with Crippen molar-refractivity contribution in [3.8, 4) is 6.07 Å². The van der Waals surface area contributed by atoms with Gasteiger partial charge in [0.1, 0.15) is 16.8 Å². The lowest BCUT2D eigenvalue weighted by molar-refractivity contribution is 0.0481. The highest BCUT2D eigenvalue weighted by molar-refractivity contribution is 6.30. The molecule has 1 saturated carbocycles. The van der Waals surface area contributed by atoms with Gasteiger partial charge in [-0.2, -0.15) is 5.26 Å². The summed E-state index contributed by atoms with van der Waals surface area (Å²) in [5.74, 6) is -0.504. The van der Waals surface area contributed by atoms with Crippen molar-refractivity contribution >= 4 is 23.5 Å². The summed E-state index contributed by atoms with van der Waals surface area (Å²) in [5, 5.41) is 14.9. The highest BCUT2D eigenvalue weighted by Gasteiger charge is 2.32. The zero-order valence-corrected chi connectivity index (χ0v) is 16.9. The number of hydrogen-bond donors (Lipinski definition) is 2. The van der Waals surface area contributed by atoms with E-state index in [1.54, 1.807) is 0 Å². The van der Waals surface area contributed by atoms with Gasteiger partial charge >= 0.3 is 6.09 Å². The monoisotopic (exact) mass is 396 g/mol. The first kappa shape index (κ1) is 21.2. The second-order valence-electron chi connectivity index (χ2n) is 7.90. The molecule has 1 aromatic heterocycles. The maximum absolute atomic E-state index is 14.3. The summed E-state index contributed by atoms with van der Waals surface area (Å²) in [7, 11) is 0. The van der Waals surface area contributed by atoms with Gasteiger partial charge in [0.2, 0.25) is 0 Å². The van der Waals surface area contributed by atoms with Crippen LogP contribution in [0.5, 0.6) is 0 Å². The molecule has 1 aliphatic carbocycles. The first-order chi connectivity index (χ1) is 12.6. The minimum atomic E-state index is -0.618. The normalized spacial score (nSPS) is 21.1.